The van der Waals surface area contributed by atoms with Crippen LogP contribution >= 0.6 is 0 Å². The van der Waals surface area contributed by atoms with Crippen molar-refractivity contribution in [2.75, 3.05) is 26.2 Å². The Kier molecular flexibility index (Phi) is 4.61. The van der Waals surface area contributed by atoms with E-state index in [2.05, 4.69) is 35.4 Å². The van der Waals surface area contributed by atoms with Crippen molar-refractivity contribution in [3.63, 3.8) is 0 Å². The summed E-state index contributed by atoms with van der Waals surface area (Å²) in [5.74, 6) is 0. The van der Waals surface area contributed by atoms with Crippen molar-refractivity contribution < 1.29 is 0 Å². The quantitative estimate of drug-likeness (QED) is 0.782. The Hall–Kier alpha value is -0.600. The van der Waals surface area contributed by atoms with Crippen LogP contribution in [0.25, 0.3) is 0 Å². The van der Waals surface area contributed by atoms with Crippen LogP contribution in [0.5, 0.6) is 0 Å². The maximum absolute atomic E-state index is 3.55. The van der Waals surface area contributed by atoms with Gasteiger partial charge in [-0.05, 0) is 50.9 Å². The van der Waals surface area contributed by atoms with Crippen molar-refractivity contribution in [3.8, 4) is 0 Å². The van der Waals surface area contributed by atoms with E-state index in [1.54, 1.807) is 0 Å². The van der Waals surface area contributed by atoms with E-state index in [0.717, 1.165) is 19.1 Å². The average Bonchev–Trinajstić information content (AvgIpc) is 2.33. The first-order valence-corrected chi connectivity index (χ1v) is 6.70. The average molecular weight is 220 g/mol. The minimum absolute atomic E-state index is 0.761. The highest BCUT2D eigenvalue weighted by Gasteiger charge is 2.18. The molecule has 0 aromatic carbocycles. The van der Waals surface area contributed by atoms with Crippen LogP contribution in [0.1, 0.15) is 32.6 Å². The van der Waals surface area contributed by atoms with Gasteiger partial charge >= 0.3 is 0 Å². The van der Waals surface area contributed by atoms with Crippen LogP contribution in [0.15, 0.2) is 23.8 Å². The molecule has 2 heteroatoms. The van der Waals surface area contributed by atoms with Gasteiger partial charge in [0.25, 0.3) is 0 Å². The lowest BCUT2D eigenvalue weighted by Gasteiger charge is -2.32. The molecule has 1 N–H and O–H groups in total. The molecule has 1 saturated heterocycles. The van der Waals surface area contributed by atoms with Crippen LogP contribution in [0, 0.1) is 0 Å². The van der Waals surface area contributed by atoms with Gasteiger partial charge < -0.3 is 5.32 Å². The smallest absolute Gasteiger partial charge is 0.0230 e. The summed E-state index contributed by atoms with van der Waals surface area (Å²) in [5.41, 5.74) is 1.52. The monoisotopic (exact) mass is 220 g/mol. The van der Waals surface area contributed by atoms with E-state index in [1.165, 1.54) is 44.3 Å². The minimum atomic E-state index is 0.761. The van der Waals surface area contributed by atoms with Gasteiger partial charge in [-0.2, -0.15) is 0 Å². The Morgan fingerprint density at radius 3 is 2.75 bits per heavy atom. The van der Waals surface area contributed by atoms with Gasteiger partial charge in [0.1, 0.15) is 0 Å². The lowest BCUT2D eigenvalue weighted by Crippen LogP contribution is -2.42. The zero-order chi connectivity index (χ0) is 11.2. The second-order valence-electron chi connectivity index (χ2n) is 4.87. The third-order valence-electron chi connectivity index (χ3n) is 3.56. The molecule has 2 rings (SSSR count). The Labute approximate surface area is 99.4 Å². The fraction of sp³-hybridized carbons (Fsp3) is 0.714. The summed E-state index contributed by atoms with van der Waals surface area (Å²) in [6, 6.07) is 0.761. The summed E-state index contributed by atoms with van der Waals surface area (Å²) < 4.78 is 0. The van der Waals surface area contributed by atoms with Crippen molar-refractivity contribution >= 4 is 0 Å². The van der Waals surface area contributed by atoms with Gasteiger partial charge in [0, 0.05) is 12.6 Å². The third-order valence-corrected chi connectivity index (χ3v) is 3.56. The first-order chi connectivity index (χ1) is 7.88. The Bertz CT molecular complexity index is 260. The van der Waals surface area contributed by atoms with Crippen molar-refractivity contribution in [3.05, 3.63) is 23.8 Å². The second kappa shape index (κ2) is 6.21. The predicted molar refractivity (Wildman–Crippen MR) is 69.6 cm³/mol. The molecule has 1 aliphatic heterocycles. The fourth-order valence-electron chi connectivity index (χ4n) is 2.63. The normalized spacial score (nSPS) is 23.4. The third kappa shape index (κ3) is 3.46. The molecule has 0 radical (unpaired) electrons. The predicted octanol–water partition coefficient (Wildman–Crippen LogP) is 2.34. The molecule has 0 bridgehead atoms. The summed E-state index contributed by atoms with van der Waals surface area (Å²) in [6.07, 6.45) is 12.1. The number of nitrogens with zero attached hydrogens (tertiary/aromatic N) is 1. The van der Waals surface area contributed by atoms with Gasteiger partial charge in [0.2, 0.25) is 0 Å². The number of rotatable bonds is 4. The van der Waals surface area contributed by atoms with Crippen LogP contribution < -0.4 is 5.32 Å². The molecule has 2 aliphatic rings. The van der Waals surface area contributed by atoms with Crippen molar-refractivity contribution in [2.24, 2.45) is 0 Å². The maximum Gasteiger partial charge on any atom is 0.0230 e. The topological polar surface area (TPSA) is 15.3 Å². The number of nitrogens with one attached hydrogen (secondary N) is 1. The highest BCUT2D eigenvalue weighted by Crippen LogP contribution is 2.15. The standard InChI is InChI=1S/C14H24N2/c1-2-15-14-8-10-16(11-9-14)12-13-6-4-3-5-7-13/h4,6-7,14-15H,2-3,5,8-12H2,1H3. The molecule has 2 nitrogen and oxygen atoms in total. The highest BCUT2D eigenvalue weighted by atomic mass is 15.1. The van der Waals surface area contributed by atoms with E-state index in [0.29, 0.717) is 0 Å². The van der Waals surface area contributed by atoms with Gasteiger partial charge in [-0.3, -0.25) is 4.90 Å². The Morgan fingerprint density at radius 1 is 1.31 bits per heavy atom. The van der Waals surface area contributed by atoms with Gasteiger partial charge in [0.15, 0.2) is 0 Å². The number of piperidine rings is 1. The molecule has 90 valence electrons. The summed E-state index contributed by atoms with van der Waals surface area (Å²) >= 11 is 0. The van der Waals surface area contributed by atoms with Crippen LogP contribution in [0.4, 0.5) is 0 Å². The first kappa shape index (κ1) is 11.9. The zero-order valence-corrected chi connectivity index (χ0v) is 10.4. The molecule has 1 fully saturated rings. The van der Waals surface area contributed by atoms with Gasteiger partial charge in [0.05, 0.1) is 0 Å². The van der Waals surface area contributed by atoms with Crippen LogP contribution in [-0.4, -0.2) is 37.1 Å². The molecule has 0 spiro atoms. The lowest BCUT2D eigenvalue weighted by atomic mass is 10.0. The molecule has 0 atom stereocenters. The number of hydrogen-bond acceptors (Lipinski definition) is 2. The molecule has 0 aromatic heterocycles. The molecule has 1 heterocycles. The van der Waals surface area contributed by atoms with E-state index in [9.17, 15) is 0 Å². The maximum atomic E-state index is 3.55. The van der Waals surface area contributed by atoms with Crippen molar-refractivity contribution in [1.82, 2.24) is 10.2 Å². The van der Waals surface area contributed by atoms with E-state index < -0.39 is 0 Å². The minimum Gasteiger partial charge on any atom is -0.314 e. The van der Waals surface area contributed by atoms with E-state index >= 15 is 0 Å². The summed E-state index contributed by atoms with van der Waals surface area (Å²) in [6.45, 7) is 6.98. The number of hydrogen-bond donors (Lipinski definition) is 1. The SMILES string of the molecule is CCNC1CCN(CC2=CCCC=C2)CC1. The van der Waals surface area contributed by atoms with Gasteiger partial charge in [-0.1, -0.05) is 25.2 Å². The van der Waals surface area contributed by atoms with Crippen molar-refractivity contribution in [2.45, 2.75) is 38.6 Å². The van der Waals surface area contributed by atoms with E-state index in [-0.39, 0.29) is 0 Å². The molecule has 0 amide bonds. The Balaban J connectivity index is 1.72. The van der Waals surface area contributed by atoms with E-state index in [4.69, 9.17) is 0 Å². The highest BCUT2D eigenvalue weighted by molar-refractivity contribution is 5.23. The molecule has 0 unspecified atom stereocenters. The van der Waals surface area contributed by atoms with Crippen LogP contribution in [0.2, 0.25) is 0 Å². The lowest BCUT2D eigenvalue weighted by molar-refractivity contribution is 0.214. The van der Waals surface area contributed by atoms with Crippen LogP contribution in [0.3, 0.4) is 0 Å². The summed E-state index contributed by atoms with van der Waals surface area (Å²) in [7, 11) is 0. The molecule has 0 aromatic rings. The van der Waals surface area contributed by atoms with Gasteiger partial charge in [-0.25, -0.2) is 0 Å². The number of likely N-dealkylation sites (tertiary alicyclic amines) is 1. The molecule has 0 saturated carbocycles. The molecule has 1 aliphatic carbocycles. The Morgan fingerprint density at radius 2 is 2.12 bits per heavy atom. The zero-order valence-electron chi connectivity index (χ0n) is 10.4. The van der Waals surface area contributed by atoms with Crippen molar-refractivity contribution in [1.29, 1.82) is 0 Å². The molecular formula is C14H24N2. The van der Waals surface area contributed by atoms with E-state index in [1.807, 2.05) is 0 Å². The van der Waals surface area contributed by atoms with Gasteiger partial charge in [-0.15, -0.1) is 0 Å². The number of allylic oxidation sites excluding steroid dienone is 2. The second-order valence-corrected chi connectivity index (χ2v) is 4.87. The molecular weight excluding hydrogens is 196 g/mol. The largest absolute Gasteiger partial charge is 0.314 e. The molecule has 16 heavy (non-hydrogen) atoms. The van der Waals surface area contributed by atoms with Crippen LogP contribution in [-0.2, 0) is 0 Å². The first-order valence-electron chi connectivity index (χ1n) is 6.70. The summed E-state index contributed by atoms with van der Waals surface area (Å²) in [5, 5.41) is 3.55. The fourth-order valence-corrected chi connectivity index (χ4v) is 2.63. The summed E-state index contributed by atoms with van der Waals surface area (Å²) in [4.78, 5) is 2.59.